The molecule has 0 saturated heterocycles. The van der Waals surface area contributed by atoms with Gasteiger partial charge in [-0.15, -0.1) is 0 Å². The number of alkyl halides is 3. The maximum atomic E-state index is 13.9. The number of nitrogens with one attached hydrogen (secondary N) is 1. The first-order valence-corrected chi connectivity index (χ1v) is 7.05. The van der Waals surface area contributed by atoms with Crippen molar-refractivity contribution in [2.24, 2.45) is 0 Å². The van der Waals surface area contributed by atoms with Crippen LogP contribution in [0.4, 0.5) is 22.0 Å². The van der Waals surface area contributed by atoms with Gasteiger partial charge in [0.2, 0.25) is 10.0 Å². The molecule has 0 aliphatic rings. The van der Waals surface area contributed by atoms with Gasteiger partial charge in [-0.3, -0.25) is 4.79 Å². The van der Waals surface area contributed by atoms with Gasteiger partial charge in [0.05, 0.1) is 5.56 Å². The fourth-order valence-corrected chi connectivity index (χ4v) is 2.52. The van der Waals surface area contributed by atoms with Crippen LogP contribution in [-0.4, -0.2) is 26.9 Å². The van der Waals surface area contributed by atoms with E-state index in [4.69, 9.17) is 0 Å². The highest BCUT2D eigenvalue weighted by molar-refractivity contribution is 7.89. The first kappa shape index (κ1) is 17.5. The molecule has 0 aliphatic carbocycles. The Morgan fingerprint density at radius 2 is 1.81 bits per heavy atom. The summed E-state index contributed by atoms with van der Waals surface area (Å²) in [7, 11) is -4.87. The van der Waals surface area contributed by atoms with Gasteiger partial charge >= 0.3 is 6.18 Å². The molecule has 4 nitrogen and oxygen atoms in total. The van der Waals surface area contributed by atoms with Crippen molar-refractivity contribution < 1.29 is 35.2 Å². The van der Waals surface area contributed by atoms with E-state index in [0.29, 0.717) is 12.1 Å². The number of carbonyl (C=O) groups is 1. The highest BCUT2D eigenvalue weighted by Gasteiger charge is 2.32. The van der Waals surface area contributed by atoms with Gasteiger partial charge in [0.25, 0.3) is 0 Å². The monoisotopic (exact) mass is 331 g/mol. The van der Waals surface area contributed by atoms with E-state index >= 15 is 0 Å². The van der Waals surface area contributed by atoms with Crippen LogP contribution in [-0.2, 0) is 10.0 Å². The van der Waals surface area contributed by atoms with Gasteiger partial charge in [0.1, 0.15) is 17.3 Å². The third-order valence-corrected chi connectivity index (χ3v) is 3.83. The molecular weight excluding hydrogens is 321 g/mol. The summed E-state index contributed by atoms with van der Waals surface area (Å²) in [5.41, 5.74) is -1.09. The van der Waals surface area contributed by atoms with Gasteiger partial charge in [0.15, 0.2) is 11.6 Å². The molecular formula is C11H10F5NO3S. The quantitative estimate of drug-likeness (QED) is 0.666. The number of halogens is 5. The third-order valence-electron chi connectivity index (χ3n) is 2.41. The van der Waals surface area contributed by atoms with Crippen molar-refractivity contribution in [3.05, 3.63) is 29.3 Å². The smallest absolute Gasteiger partial charge is 0.294 e. The van der Waals surface area contributed by atoms with Crippen LogP contribution in [0.3, 0.4) is 0 Å². The Kier molecular flexibility index (Phi) is 5.05. The molecule has 0 aliphatic heterocycles. The zero-order valence-corrected chi connectivity index (χ0v) is 11.4. The molecule has 0 heterocycles. The average molecular weight is 331 g/mol. The summed E-state index contributed by atoms with van der Waals surface area (Å²) in [4.78, 5) is 10.2. The molecule has 1 aromatic rings. The molecule has 0 spiro atoms. The minimum absolute atomic E-state index is 0.298. The molecule has 0 atom stereocenters. The van der Waals surface area contributed by atoms with Crippen LogP contribution in [0.25, 0.3) is 0 Å². The van der Waals surface area contributed by atoms with Crippen molar-refractivity contribution in [3.63, 3.8) is 0 Å². The number of benzene rings is 1. The Balaban J connectivity index is 3.29. The first-order valence-electron chi connectivity index (χ1n) is 5.57. The molecule has 1 aromatic carbocycles. The van der Waals surface area contributed by atoms with Crippen LogP contribution in [0, 0.1) is 11.6 Å². The number of sulfonamides is 1. The Labute approximate surface area is 117 Å². The standard InChI is InChI=1S/C11H10F5NO3S/c1-2-7(18)9-6(12)3-4-8(10(9)13)21(19,20)17-5-11(14,15)16/h3-4,17H,2,5H2,1H3. The lowest BCUT2D eigenvalue weighted by molar-refractivity contribution is -0.121. The molecule has 118 valence electrons. The molecule has 1 N–H and O–H groups in total. The lowest BCUT2D eigenvalue weighted by Crippen LogP contribution is -2.34. The van der Waals surface area contributed by atoms with Crippen molar-refractivity contribution in [3.8, 4) is 0 Å². The largest absolute Gasteiger partial charge is 0.402 e. The van der Waals surface area contributed by atoms with E-state index in [1.165, 1.54) is 6.92 Å². The van der Waals surface area contributed by atoms with Crippen molar-refractivity contribution in [2.45, 2.75) is 24.4 Å². The van der Waals surface area contributed by atoms with Crippen molar-refractivity contribution in [1.82, 2.24) is 4.72 Å². The average Bonchev–Trinajstić information content (AvgIpc) is 2.35. The maximum Gasteiger partial charge on any atom is 0.402 e. The molecule has 0 saturated carbocycles. The van der Waals surface area contributed by atoms with Crippen molar-refractivity contribution in [2.75, 3.05) is 6.54 Å². The number of hydrogen-bond donors (Lipinski definition) is 1. The highest BCUT2D eigenvalue weighted by Crippen LogP contribution is 2.23. The van der Waals surface area contributed by atoms with Crippen LogP contribution in [0.2, 0.25) is 0 Å². The van der Waals surface area contributed by atoms with Crippen molar-refractivity contribution >= 4 is 15.8 Å². The van der Waals surface area contributed by atoms with Crippen LogP contribution in [0.1, 0.15) is 23.7 Å². The lowest BCUT2D eigenvalue weighted by Gasteiger charge is -2.11. The van der Waals surface area contributed by atoms with Crippen LogP contribution < -0.4 is 4.72 Å². The van der Waals surface area contributed by atoms with E-state index in [1.807, 2.05) is 0 Å². The normalized spacial score (nSPS) is 12.5. The SMILES string of the molecule is CCC(=O)c1c(F)ccc(S(=O)(=O)NCC(F)(F)F)c1F. The summed E-state index contributed by atoms with van der Waals surface area (Å²) in [6.07, 6.45) is -5.14. The predicted octanol–water partition coefficient (Wildman–Crippen LogP) is 2.40. The Morgan fingerprint density at radius 1 is 1.24 bits per heavy atom. The van der Waals surface area contributed by atoms with E-state index in [1.54, 1.807) is 0 Å². The number of Topliss-reactive ketones (excluding diaryl/α,β-unsaturated/α-hetero) is 1. The molecule has 0 aromatic heterocycles. The van der Waals surface area contributed by atoms with E-state index in [9.17, 15) is 35.2 Å². The van der Waals surface area contributed by atoms with Gasteiger partial charge < -0.3 is 0 Å². The minimum atomic E-state index is -4.87. The molecule has 0 fully saturated rings. The molecule has 0 radical (unpaired) electrons. The summed E-state index contributed by atoms with van der Waals surface area (Å²) in [6.45, 7) is -0.618. The molecule has 10 heteroatoms. The lowest BCUT2D eigenvalue weighted by atomic mass is 10.1. The van der Waals surface area contributed by atoms with Crippen LogP contribution >= 0.6 is 0 Å². The number of ketones is 1. The van der Waals surface area contributed by atoms with Gasteiger partial charge in [-0.2, -0.15) is 13.2 Å². The molecule has 0 amide bonds. The number of rotatable bonds is 5. The second-order valence-electron chi connectivity index (χ2n) is 3.95. The Bertz CT molecular complexity index is 655. The highest BCUT2D eigenvalue weighted by atomic mass is 32.2. The zero-order valence-electron chi connectivity index (χ0n) is 10.6. The van der Waals surface area contributed by atoms with Crippen molar-refractivity contribution in [1.29, 1.82) is 0 Å². The summed E-state index contributed by atoms with van der Waals surface area (Å²) in [6, 6.07) is 0.962. The van der Waals surface area contributed by atoms with Gasteiger partial charge in [-0.05, 0) is 12.1 Å². The molecule has 1 rings (SSSR count). The van der Waals surface area contributed by atoms with Crippen LogP contribution in [0.5, 0.6) is 0 Å². The van der Waals surface area contributed by atoms with Crippen LogP contribution in [0.15, 0.2) is 17.0 Å². The van der Waals surface area contributed by atoms with Gasteiger partial charge in [0, 0.05) is 6.42 Å². The van der Waals surface area contributed by atoms with Gasteiger partial charge in [-0.25, -0.2) is 21.9 Å². The van der Waals surface area contributed by atoms with E-state index < -0.39 is 50.6 Å². The molecule has 0 unspecified atom stereocenters. The summed E-state index contributed by atoms with van der Waals surface area (Å²) >= 11 is 0. The Morgan fingerprint density at radius 3 is 2.29 bits per heavy atom. The van der Waals surface area contributed by atoms with E-state index in [-0.39, 0.29) is 6.42 Å². The fraction of sp³-hybridized carbons (Fsp3) is 0.364. The fourth-order valence-electron chi connectivity index (χ4n) is 1.43. The number of carbonyl (C=O) groups excluding carboxylic acids is 1. The van der Waals surface area contributed by atoms with Gasteiger partial charge in [-0.1, -0.05) is 6.92 Å². The third kappa shape index (κ3) is 4.21. The molecule has 0 bridgehead atoms. The zero-order chi connectivity index (χ0) is 16.4. The number of hydrogen-bond acceptors (Lipinski definition) is 3. The summed E-state index contributed by atoms with van der Waals surface area (Å²) < 4.78 is 87.6. The predicted molar refractivity (Wildman–Crippen MR) is 62.2 cm³/mol. The minimum Gasteiger partial charge on any atom is -0.294 e. The van der Waals surface area contributed by atoms with E-state index in [2.05, 4.69) is 0 Å². The second-order valence-corrected chi connectivity index (χ2v) is 5.69. The maximum absolute atomic E-state index is 13.9. The summed E-state index contributed by atoms with van der Waals surface area (Å²) in [5.74, 6) is -4.00. The topological polar surface area (TPSA) is 63.2 Å². The Hall–Kier alpha value is -1.55. The second kappa shape index (κ2) is 6.06. The van der Waals surface area contributed by atoms with E-state index in [0.717, 1.165) is 4.72 Å². The molecule has 21 heavy (non-hydrogen) atoms. The summed E-state index contributed by atoms with van der Waals surface area (Å²) in [5, 5.41) is 0. The first-order chi connectivity index (χ1) is 9.49.